The molecule has 4 aliphatic carbocycles. The molecule has 7 nitrogen and oxygen atoms in total. The highest BCUT2D eigenvalue weighted by atomic mass is 32.1. The monoisotopic (exact) mass is 524 g/mol. The molecule has 4 saturated carbocycles. The van der Waals surface area contributed by atoms with Gasteiger partial charge in [0, 0.05) is 23.5 Å². The number of nitrogens with one attached hydrogen (secondary N) is 3. The molecular weight excluding hydrogens is 484 g/mol. The van der Waals surface area contributed by atoms with Gasteiger partial charge in [0.05, 0.1) is 18.2 Å². The van der Waals surface area contributed by atoms with Gasteiger partial charge in [0.25, 0.3) is 0 Å². The molecule has 0 spiro atoms. The van der Waals surface area contributed by atoms with Gasteiger partial charge in [0.1, 0.15) is 0 Å². The summed E-state index contributed by atoms with van der Waals surface area (Å²) in [5, 5.41) is 10.3. The summed E-state index contributed by atoms with van der Waals surface area (Å²) in [5.41, 5.74) is 2.96. The summed E-state index contributed by atoms with van der Waals surface area (Å²) in [7, 11) is 0. The first-order chi connectivity index (χ1) is 17.7. The van der Waals surface area contributed by atoms with Gasteiger partial charge in [0.2, 0.25) is 0 Å². The fourth-order valence-electron chi connectivity index (χ4n) is 7.42. The molecule has 1 atom stereocenters. The van der Waals surface area contributed by atoms with Crippen molar-refractivity contribution in [2.45, 2.75) is 77.8 Å². The van der Waals surface area contributed by atoms with Crippen molar-refractivity contribution in [3.63, 3.8) is 0 Å². The van der Waals surface area contributed by atoms with Crippen molar-refractivity contribution >= 4 is 35.0 Å². The number of hydrogen-bond donors (Lipinski definition) is 3. The molecule has 4 fully saturated rings. The molecule has 1 unspecified atom stereocenters. The molecule has 3 N–H and O–H groups in total. The van der Waals surface area contributed by atoms with Crippen molar-refractivity contribution in [2.24, 2.45) is 23.7 Å². The zero-order valence-corrected chi connectivity index (χ0v) is 23.2. The van der Waals surface area contributed by atoms with Gasteiger partial charge in [-0.1, -0.05) is 26.0 Å². The molecule has 1 aromatic rings. The lowest BCUT2D eigenvalue weighted by atomic mass is 9.53. The Morgan fingerprint density at radius 1 is 1.11 bits per heavy atom. The quantitative estimate of drug-likeness (QED) is 0.323. The van der Waals surface area contributed by atoms with Crippen LogP contribution >= 0.6 is 12.2 Å². The first kappa shape index (κ1) is 26.0. The van der Waals surface area contributed by atoms with Gasteiger partial charge in [0.15, 0.2) is 5.11 Å². The number of urea groups is 1. The predicted molar refractivity (Wildman–Crippen MR) is 149 cm³/mol. The van der Waals surface area contributed by atoms with E-state index in [1.165, 1.54) is 19.3 Å². The number of amides is 2. The van der Waals surface area contributed by atoms with Gasteiger partial charge in [-0.3, -0.25) is 0 Å². The average molecular weight is 525 g/mol. The van der Waals surface area contributed by atoms with Gasteiger partial charge in [-0.25, -0.2) is 9.59 Å². The second kappa shape index (κ2) is 10.3. The Bertz CT molecular complexity index is 1060. The van der Waals surface area contributed by atoms with E-state index in [9.17, 15) is 9.59 Å². The van der Waals surface area contributed by atoms with Gasteiger partial charge in [-0.05, 0) is 106 Å². The molecule has 0 saturated heterocycles. The molecule has 0 radical (unpaired) electrons. The van der Waals surface area contributed by atoms with Crippen LogP contribution in [-0.2, 0) is 9.53 Å². The van der Waals surface area contributed by atoms with Gasteiger partial charge in [-0.2, -0.15) is 0 Å². The van der Waals surface area contributed by atoms with E-state index in [0.29, 0.717) is 23.8 Å². The van der Waals surface area contributed by atoms with E-state index in [1.54, 1.807) is 0 Å². The predicted octanol–water partition coefficient (Wildman–Crippen LogP) is 5.50. The molecule has 37 heavy (non-hydrogen) atoms. The van der Waals surface area contributed by atoms with Crippen LogP contribution in [0.15, 0.2) is 35.5 Å². The van der Waals surface area contributed by atoms with Crippen LogP contribution in [0.2, 0.25) is 0 Å². The Morgan fingerprint density at radius 2 is 1.70 bits per heavy atom. The Labute approximate surface area is 225 Å². The van der Waals surface area contributed by atoms with Crippen molar-refractivity contribution in [1.29, 1.82) is 0 Å². The number of benzene rings is 1. The Kier molecular flexibility index (Phi) is 7.22. The fourth-order valence-corrected chi connectivity index (χ4v) is 7.81. The van der Waals surface area contributed by atoms with Crippen LogP contribution in [0.3, 0.4) is 0 Å². The second-order valence-corrected chi connectivity index (χ2v) is 12.4. The number of hydrogen-bond acceptors (Lipinski definition) is 4. The molecule has 1 heterocycles. The highest BCUT2D eigenvalue weighted by Crippen LogP contribution is 2.55. The van der Waals surface area contributed by atoms with E-state index in [0.717, 1.165) is 54.0 Å². The number of thiocarbonyl (C=S) groups is 1. The van der Waals surface area contributed by atoms with Crippen molar-refractivity contribution in [3.05, 3.63) is 41.1 Å². The highest BCUT2D eigenvalue weighted by Gasteiger charge is 2.51. The number of ether oxygens (including phenoxy) is 1. The highest BCUT2D eigenvalue weighted by molar-refractivity contribution is 7.80. The van der Waals surface area contributed by atoms with Crippen LogP contribution < -0.4 is 16.0 Å². The maximum Gasteiger partial charge on any atom is 0.338 e. The van der Waals surface area contributed by atoms with Gasteiger partial charge < -0.3 is 25.6 Å². The number of esters is 1. The molecule has 8 heteroatoms. The maximum absolute atomic E-state index is 13.1. The molecule has 200 valence electrons. The third-order valence-electron chi connectivity index (χ3n) is 8.60. The van der Waals surface area contributed by atoms with Crippen LogP contribution in [0.1, 0.15) is 77.8 Å². The average Bonchev–Trinajstić information content (AvgIpc) is 2.81. The zero-order chi connectivity index (χ0) is 26.3. The van der Waals surface area contributed by atoms with E-state index >= 15 is 0 Å². The minimum Gasteiger partial charge on any atom is -0.462 e. The first-order valence-corrected chi connectivity index (χ1v) is 14.2. The Hall–Kier alpha value is -2.61. The third-order valence-corrected chi connectivity index (χ3v) is 8.94. The van der Waals surface area contributed by atoms with Crippen molar-refractivity contribution in [1.82, 2.24) is 15.5 Å². The molecule has 2 amide bonds. The number of anilines is 1. The Balaban J connectivity index is 1.29. The summed E-state index contributed by atoms with van der Waals surface area (Å²) >= 11 is 5.60. The standard InChI is InChI=1S/C29H40N4O3S/c1-5-33-18(4)24(26(34)36-16-17(2)3)25(31-28(33)37)22-6-8-23(9-7-22)30-27(35)32-29-13-19-10-20(14-29)12-21(11-19)15-29/h6-9,17,19-21,25H,5,10-16H2,1-4H3,(H,31,37)(H2,30,32,35). The lowest BCUT2D eigenvalue weighted by Crippen LogP contribution is -2.60. The summed E-state index contributed by atoms with van der Waals surface area (Å²) < 4.78 is 5.61. The van der Waals surface area contributed by atoms with Crippen LogP contribution in [0.5, 0.6) is 0 Å². The fraction of sp³-hybridized carbons (Fsp3) is 0.621. The molecule has 6 rings (SSSR count). The van der Waals surface area contributed by atoms with Gasteiger partial charge >= 0.3 is 12.0 Å². The lowest BCUT2D eigenvalue weighted by molar-refractivity contribution is -0.140. The smallest absolute Gasteiger partial charge is 0.338 e. The molecule has 1 aromatic carbocycles. The second-order valence-electron chi connectivity index (χ2n) is 12.0. The molecule has 1 aliphatic heterocycles. The summed E-state index contributed by atoms with van der Waals surface area (Å²) in [6.45, 7) is 8.98. The molecule has 0 aromatic heterocycles. The van der Waals surface area contributed by atoms with Crippen LogP contribution in [0.25, 0.3) is 0 Å². The molecule has 5 aliphatic rings. The van der Waals surface area contributed by atoms with Crippen molar-refractivity contribution < 1.29 is 14.3 Å². The largest absolute Gasteiger partial charge is 0.462 e. The lowest BCUT2D eigenvalue weighted by Gasteiger charge is -2.56. The van der Waals surface area contributed by atoms with E-state index in [1.807, 2.05) is 56.9 Å². The minimum atomic E-state index is -0.412. The number of carbonyl (C=O) groups is 2. The topological polar surface area (TPSA) is 82.7 Å². The van der Waals surface area contributed by atoms with E-state index < -0.39 is 6.04 Å². The number of carbonyl (C=O) groups excluding carboxylic acids is 2. The van der Waals surface area contributed by atoms with E-state index in [2.05, 4.69) is 16.0 Å². The van der Waals surface area contributed by atoms with Gasteiger partial charge in [-0.15, -0.1) is 0 Å². The normalized spacial score (nSPS) is 30.4. The maximum atomic E-state index is 13.1. The minimum absolute atomic E-state index is 0.0286. The summed E-state index contributed by atoms with van der Waals surface area (Å²) in [6, 6.07) is 7.11. The SMILES string of the molecule is CCN1C(=S)NC(c2ccc(NC(=O)NC34CC5CC(CC(C5)C3)C4)cc2)C(C(=O)OCC(C)C)=C1C. The van der Waals surface area contributed by atoms with Crippen LogP contribution in [0, 0.1) is 23.7 Å². The summed E-state index contributed by atoms with van der Waals surface area (Å²) in [4.78, 5) is 28.0. The van der Waals surface area contributed by atoms with Crippen LogP contribution in [-0.4, -0.2) is 40.7 Å². The number of rotatable bonds is 7. The van der Waals surface area contributed by atoms with Crippen molar-refractivity contribution in [3.8, 4) is 0 Å². The molecule has 4 bridgehead atoms. The van der Waals surface area contributed by atoms with E-state index in [-0.39, 0.29) is 23.5 Å². The zero-order valence-electron chi connectivity index (χ0n) is 22.4. The molecular formula is C29H40N4O3S. The Morgan fingerprint density at radius 3 is 2.24 bits per heavy atom. The van der Waals surface area contributed by atoms with Crippen molar-refractivity contribution in [2.75, 3.05) is 18.5 Å². The third kappa shape index (κ3) is 5.35. The number of allylic oxidation sites excluding steroid dienone is 1. The first-order valence-electron chi connectivity index (χ1n) is 13.8. The van der Waals surface area contributed by atoms with Crippen LogP contribution in [0.4, 0.5) is 10.5 Å². The number of nitrogens with zero attached hydrogens (tertiary/aromatic N) is 1. The summed E-state index contributed by atoms with van der Waals surface area (Å²) in [5.74, 6) is 2.25. The van der Waals surface area contributed by atoms with E-state index in [4.69, 9.17) is 17.0 Å². The summed E-state index contributed by atoms with van der Waals surface area (Å²) in [6.07, 6.45) is 7.40.